The Morgan fingerprint density at radius 1 is 1.55 bits per heavy atom. The lowest BCUT2D eigenvalue weighted by atomic mass is 10.1. The summed E-state index contributed by atoms with van der Waals surface area (Å²) in [6.45, 7) is 1.93. The number of thiazole rings is 1. The quantitative estimate of drug-likeness (QED) is 0.677. The smallest absolute Gasteiger partial charge is 0.203 e. The summed E-state index contributed by atoms with van der Waals surface area (Å²) in [6.07, 6.45) is 2.00. The first-order chi connectivity index (χ1) is 9.72. The van der Waals surface area contributed by atoms with Gasteiger partial charge in [0.1, 0.15) is 5.75 Å². The summed E-state index contributed by atoms with van der Waals surface area (Å²) in [7, 11) is 1.59. The van der Waals surface area contributed by atoms with E-state index in [1.165, 1.54) is 11.3 Å². The lowest BCUT2D eigenvalue weighted by molar-refractivity contribution is 0.411. The highest BCUT2D eigenvalue weighted by atomic mass is 32.1. The summed E-state index contributed by atoms with van der Waals surface area (Å²) >= 11 is 1.50. The van der Waals surface area contributed by atoms with Gasteiger partial charge in [0.25, 0.3) is 0 Å². The monoisotopic (exact) mass is 286 g/mol. The van der Waals surface area contributed by atoms with Crippen molar-refractivity contribution in [3.8, 4) is 11.8 Å². The van der Waals surface area contributed by atoms with Crippen molar-refractivity contribution in [3.05, 3.63) is 40.4 Å². The van der Waals surface area contributed by atoms with Gasteiger partial charge < -0.3 is 4.74 Å². The minimum absolute atomic E-state index is 0.309. The number of hydrogen-bond acceptors (Lipinski definition) is 6. The zero-order valence-electron chi connectivity index (χ0n) is 11.3. The Bertz CT molecular complexity index is 657. The fourth-order valence-electron chi connectivity index (χ4n) is 1.67. The lowest BCUT2D eigenvalue weighted by Gasteiger charge is -2.06. The average molecular weight is 286 g/mol. The van der Waals surface area contributed by atoms with Gasteiger partial charge in [-0.15, -0.1) is 11.3 Å². The second-order valence-corrected chi connectivity index (χ2v) is 4.93. The van der Waals surface area contributed by atoms with Crippen LogP contribution in [0.5, 0.6) is 5.75 Å². The molecule has 0 bridgehead atoms. The number of nitriles is 1. The normalized spacial score (nSPS) is 10.4. The number of nitrogens with zero attached hydrogens (tertiary/aromatic N) is 3. The molecule has 1 heterocycles. The van der Waals surface area contributed by atoms with Gasteiger partial charge in [0, 0.05) is 10.9 Å². The van der Waals surface area contributed by atoms with Gasteiger partial charge in [-0.25, -0.2) is 4.98 Å². The van der Waals surface area contributed by atoms with Crippen molar-refractivity contribution in [1.29, 1.82) is 5.26 Å². The van der Waals surface area contributed by atoms with Gasteiger partial charge in [-0.2, -0.15) is 10.4 Å². The predicted octanol–water partition coefficient (Wildman–Crippen LogP) is 2.97. The number of benzene rings is 1. The number of anilines is 1. The molecule has 0 spiro atoms. The van der Waals surface area contributed by atoms with Crippen molar-refractivity contribution in [1.82, 2.24) is 4.98 Å². The van der Waals surface area contributed by atoms with Crippen molar-refractivity contribution in [2.24, 2.45) is 5.10 Å². The van der Waals surface area contributed by atoms with Crippen molar-refractivity contribution in [2.75, 3.05) is 12.5 Å². The zero-order chi connectivity index (χ0) is 14.4. The summed E-state index contributed by atoms with van der Waals surface area (Å²) in [4.78, 5) is 4.25. The molecule has 2 rings (SSSR count). The number of aryl methyl sites for hydroxylation is 1. The summed E-state index contributed by atoms with van der Waals surface area (Å²) in [5.74, 6) is 0.715. The maximum atomic E-state index is 8.80. The Kier molecular flexibility index (Phi) is 4.69. The molecule has 2 aromatic rings. The van der Waals surface area contributed by atoms with Crippen molar-refractivity contribution < 1.29 is 4.74 Å². The van der Waals surface area contributed by atoms with Crippen LogP contribution in [0.3, 0.4) is 0 Å². The molecular formula is C14H14N4OS. The largest absolute Gasteiger partial charge is 0.496 e. The highest BCUT2D eigenvalue weighted by Crippen LogP contribution is 2.19. The van der Waals surface area contributed by atoms with Crippen LogP contribution in [0.15, 0.2) is 28.7 Å². The SMILES string of the molecule is COc1ccc(C=NNc2nc(C)cs2)cc1CC#N. The van der Waals surface area contributed by atoms with Gasteiger partial charge in [-0.1, -0.05) is 0 Å². The van der Waals surface area contributed by atoms with Crippen LogP contribution in [-0.2, 0) is 6.42 Å². The topological polar surface area (TPSA) is 70.3 Å². The Morgan fingerprint density at radius 3 is 3.05 bits per heavy atom. The van der Waals surface area contributed by atoms with Gasteiger partial charge in [0.05, 0.1) is 31.5 Å². The molecule has 0 aliphatic heterocycles. The van der Waals surface area contributed by atoms with Crippen LogP contribution in [0.25, 0.3) is 0 Å². The first kappa shape index (κ1) is 14.0. The van der Waals surface area contributed by atoms with Gasteiger partial charge in [0.2, 0.25) is 5.13 Å². The van der Waals surface area contributed by atoms with Crippen LogP contribution >= 0.6 is 11.3 Å². The van der Waals surface area contributed by atoms with E-state index in [-0.39, 0.29) is 0 Å². The van der Waals surface area contributed by atoms with Crippen LogP contribution in [0.1, 0.15) is 16.8 Å². The molecule has 0 saturated carbocycles. The number of aromatic nitrogens is 1. The summed E-state index contributed by atoms with van der Waals surface area (Å²) in [5, 5.41) is 15.6. The molecule has 0 fully saturated rings. The predicted molar refractivity (Wildman–Crippen MR) is 80.4 cm³/mol. The summed E-state index contributed by atoms with van der Waals surface area (Å²) in [5.41, 5.74) is 5.59. The number of methoxy groups -OCH3 is 1. The van der Waals surface area contributed by atoms with Crippen LogP contribution in [0, 0.1) is 18.3 Å². The van der Waals surface area contributed by atoms with Crippen LogP contribution < -0.4 is 10.2 Å². The first-order valence-corrected chi connectivity index (χ1v) is 6.86. The maximum absolute atomic E-state index is 8.80. The van der Waals surface area contributed by atoms with E-state index in [0.29, 0.717) is 12.2 Å². The fraction of sp³-hybridized carbons (Fsp3) is 0.214. The number of nitrogens with one attached hydrogen (secondary N) is 1. The van der Waals surface area contributed by atoms with E-state index in [0.717, 1.165) is 22.0 Å². The third kappa shape index (κ3) is 3.56. The van der Waals surface area contributed by atoms with E-state index in [9.17, 15) is 0 Å². The molecule has 5 nitrogen and oxygen atoms in total. The van der Waals surface area contributed by atoms with E-state index >= 15 is 0 Å². The molecule has 1 N–H and O–H groups in total. The molecule has 0 atom stereocenters. The Balaban J connectivity index is 2.09. The van der Waals surface area contributed by atoms with Crippen molar-refractivity contribution in [3.63, 3.8) is 0 Å². The molecule has 0 aliphatic carbocycles. The molecular weight excluding hydrogens is 272 g/mol. The van der Waals surface area contributed by atoms with E-state index in [1.807, 2.05) is 30.5 Å². The average Bonchev–Trinajstić information content (AvgIpc) is 2.85. The van der Waals surface area contributed by atoms with Crippen LogP contribution in [-0.4, -0.2) is 18.3 Å². The van der Waals surface area contributed by atoms with Gasteiger partial charge in [-0.3, -0.25) is 5.43 Å². The Hall–Kier alpha value is -2.39. The third-order valence-electron chi connectivity index (χ3n) is 2.57. The second-order valence-electron chi connectivity index (χ2n) is 4.07. The van der Waals surface area contributed by atoms with E-state index < -0.39 is 0 Å². The van der Waals surface area contributed by atoms with Gasteiger partial charge >= 0.3 is 0 Å². The fourth-order valence-corrected chi connectivity index (χ4v) is 2.31. The number of hydrogen-bond donors (Lipinski definition) is 1. The number of ether oxygens (including phenoxy) is 1. The molecule has 20 heavy (non-hydrogen) atoms. The molecule has 6 heteroatoms. The summed E-state index contributed by atoms with van der Waals surface area (Å²) in [6, 6.07) is 7.73. The van der Waals surface area contributed by atoms with Crippen LogP contribution in [0.2, 0.25) is 0 Å². The van der Waals surface area contributed by atoms with Crippen LogP contribution in [0.4, 0.5) is 5.13 Å². The summed E-state index contributed by atoms with van der Waals surface area (Å²) < 4.78 is 5.21. The molecule has 0 radical (unpaired) electrons. The molecule has 1 aromatic carbocycles. The second kappa shape index (κ2) is 6.68. The first-order valence-electron chi connectivity index (χ1n) is 5.98. The van der Waals surface area contributed by atoms with Crippen molar-refractivity contribution in [2.45, 2.75) is 13.3 Å². The molecule has 1 aromatic heterocycles. The standard InChI is InChI=1S/C14H14N4OS/c1-10-9-20-14(17-10)18-16-8-11-3-4-13(19-2)12(7-11)5-6-15/h3-4,7-9H,5H2,1-2H3,(H,17,18). The van der Waals surface area contributed by atoms with Crippen molar-refractivity contribution >= 4 is 22.7 Å². The van der Waals surface area contributed by atoms with Gasteiger partial charge in [0.15, 0.2) is 0 Å². The van der Waals surface area contributed by atoms with E-state index in [4.69, 9.17) is 10.00 Å². The molecule has 0 amide bonds. The zero-order valence-corrected chi connectivity index (χ0v) is 12.1. The highest BCUT2D eigenvalue weighted by molar-refractivity contribution is 7.13. The lowest BCUT2D eigenvalue weighted by Crippen LogP contribution is -1.95. The van der Waals surface area contributed by atoms with E-state index in [2.05, 4.69) is 21.6 Å². The maximum Gasteiger partial charge on any atom is 0.203 e. The number of rotatable bonds is 5. The van der Waals surface area contributed by atoms with Gasteiger partial charge in [-0.05, 0) is 30.7 Å². The molecule has 0 unspecified atom stereocenters. The Labute approximate surface area is 121 Å². The highest BCUT2D eigenvalue weighted by Gasteiger charge is 2.03. The Morgan fingerprint density at radius 2 is 2.40 bits per heavy atom. The molecule has 0 aliphatic rings. The third-order valence-corrected chi connectivity index (χ3v) is 3.43. The minimum Gasteiger partial charge on any atom is -0.496 e. The molecule has 102 valence electrons. The molecule has 0 saturated heterocycles. The van der Waals surface area contributed by atoms with E-state index in [1.54, 1.807) is 13.3 Å². The number of hydrazone groups is 1. The minimum atomic E-state index is 0.309.